The zero-order valence-electron chi connectivity index (χ0n) is 18.9. The second-order valence-corrected chi connectivity index (χ2v) is 9.35. The molecule has 2 aromatic carbocycles. The van der Waals surface area contributed by atoms with Crippen molar-refractivity contribution in [2.24, 2.45) is 4.99 Å². The van der Waals surface area contributed by atoms with Crippen LogP contribution in [0.25, 0.3) is 10.8 Å². The molecule has 2 aromatic rings. The third-order valence-corrected chi connectivity index (χ3v) is 7.56. The van der Waals surface area contributed by atoms with Gasteiger partial charge in [-0.15, -0.1) is 0 Å². The summed E-state index contributed by atoms with van der Waals surface area (Å²) in [4.78, 5) is 25.0. The lowest BCUT2D eigenvalue weighted by Gasteiger charge is -2.39. The van der Waals surface area contributed by atoms with Crippen LogP contribution in [0, 0.1) is 0 Å². The molecule has 32 heavy (non-hydrogen) atoms. The van der Waals surface area contributed by atoms with E-state index in [9.17, 15) is 9.18 Å². The van der Waals surface area contributed by atoms with Gasteiger partial charge in [-0.3, -0.25) is 14.7 Å². The van der Waals surface area contributed by atoms with Crippen molar-refractivity contribution < 1.29 is 9.18 Å². The number of carbonyl (C=O) groups is 1. The number of alkyl halides is 1. The van der Waals surface area contributed by atoms with Gasteiger partial charge >= 0.3 is 0 Å². The van der Waals surface area contributed by atoms with Gasteiger partial charge in [0.1, 0.15) is 12.5 Å². The van der Waals surface area contributed by atoms with Gasteiger partial charge in [0, 0.05) is 44.3 Å². The molecule has 0 aromatic heterocycles. The van der Waals surface area contributed by atoms with Crippen molar-refractivity contribution in [3.05, 3.63) is 48.0 Å². The third kappa shape index (κ3) is 3.90. The maximum Gasteiger partial charge on any atom is 0.249 e. The van der Waals surface area contributed by atoms with Crippen molar-refractivity contribution >= 4 is 22.5 Å². The average molecular weight is 437 g/mol. The number of aliphatic imine (C=N–C) groups is 1. The van der Waals surface area contributed by atoms with E-state index in [1.54, 1.807) is 0 Å². The number of halogens is 1. The molecular formula is C26H33FN4O. The van der Waals surface area contributed by atoms with Gasteiger partial charge in [-0.2, -0.15) is 0 Å². The number of benzene rings is 2. The van der Waals surface area contributed by atoms with Crippen molar-refractivity contribution in [3.8, 4) is 0 Å². The van der Waals surface area contributed by atoms with Gasteiger partial charge in [-0.05, 0) is 30.5 Å². The van der Waals surface area contributed by atoms with Crippen molar-refractivity contribution in [1.82, 2.24) is 14.7 Å². The molecule has 1 aliphatic carbocycles. The van der Waals surface area contributed by atoms with Crippen molar-refractivity contribution in [2.45, 2.75) is 50.7 Å². The lowest BCUT2D eigenvalue weighted by molar-refractivity contribution is -0.135. The fourth-order valence-electron chi connectivity index (χ4n) is 5.75. The molecule has 2 unspecified atom stereocenters. The number of amidine groups is 1. The normalized spacial score (nSPS) is 25.0. The van der Waals surface area contributed by atoms with Crippen molar-refractivity contribution in [1.29, 1.82) is 0 Å². The predicted molar refractivity (Wildman–Crippen MR) is 127 cm³/mol. The SMILES string of the molecule is CC1C(C(=O)N2CCN(C3CCCC3)CC2)N=C(c2cccc3ccccc23)N1CCF. The number of rotatable bonds is 5. The van der Waals surface area contributed by atoms with Crippen LogP contribution in [0.1, 0.15) is 38.2 Å². The van der Waals surface area contributed by atoms with Crippen LogP contribution < -0.4 is 0 Å². The molecule has 5 rings (SSSR count). The van der Waals surface area contributed by atoms with E-state index in [2.05, 4.69) is 23.1 Å². The zero-order chi connectivity index (χ0) is 22.1. The molecule has 5 nitrogen and oxygen atoms in total. The zero-order valence-corrected chi connectivity index (χ0v) is 18.9. The van der Waals surface area contributed by atoms with E-state index in [1.165, 1.54) is 25.7 Å². The molecule has 2 heterocycles. The van der Waals surface area contributed by atoms with E-state index in [-0.39, 0.29) is 18.5 Å². The summed E-state index contributed by atoms with van der Waals surface area (Å²) < 4.78 is 13.5. The van der Waals surface area contributed by atoms with Crippen molar-refractivity contribution in [2.75, 3.05) is 39.4 Å². The van der Waals surface area contributed by atoms with E-state index in [4.69, 9.17) is 4.99 Å². The lowest BCUT2D eigenvalue weighted by Crippen LogP contribution is -2.55. The van der Waals surface area contributed by atoms with E-state index < -0.39 is 12.7 Å². The first kappa shape index (κ1) is 21.4. The molecule has 2 aliphatic heterocycles. The number of nitrogens with zero attached hydrogens (tertiary/aromatic N) is 4. The Morgan fingerprint density at radius 1 is 1.03 bits per heavy atom. The number of piperazine rings is 1. The summed E-state index contributed by atoms with van der Waals surface area (Å²) in [7, 11) is 0. The second kappa shape index (κ2) is 9.18. The van der Waals surface area contributed by atoms with Crippen LogP contribution in [0.2, 0.25) is 0 Å². The van der Waals surface area contributed by atoms with Crippen LogP contribution in [0.3, 0.4) is 0 Å². The highest BCUT2D eigenvalue weighted by Crippen LogP contribution is 2.29. The molecule has 2 atom stereocenters. The smallest absolute Gasteiger partial charge is 0.249 e. The Kier molecular flexibility index (Phi) is 6.13. The standard InChI is InChI=1S/C26H33FN4O/c1-19-24(26(32)30-17-15-29(16-18-30)21-9-3-4-10-21)28-25(31(19)14-13-27)23-12-6-8-20-7-2-5-11-22(20)23/h2,5-8,11-12,19,21,24H,3-4,9-10,13-18H2,1H3. The molecule has 1 amide bonds. The maximum atomic E-state index is 13.5. The maximum absolute atomic E-state index is 13.5. The second-order valence-electron chi connectivity index (χ2n) is 9.35. The van der Waals surface area contributed by atoms with Crippen LogP contribution in [0.15, 0.2) is 47.5 Å². The fourth-order valence-corrected chi connectivity index (χ4v) is 5.75. The monoisotopic (exact) mass is 436 g/mol. The van der Waals surface area contributed by atoms with Gasteiger partial charge in [0.25, 0.3) is 0 Å². The number of fused-ring (bicyclic) bond motifs is 1. The minimum Gasteiger partial charge on any atom is -0.348 e. The molecule has 2 fully saturated rings. The summed E-state index contributed by atoms with van der Waals surface area (Å²) >= 11 is 0. The summed E-state index contributed by atoms with van der Waals surface area (Å²) in [6.45, 7) is 5.23. The molecule has 6 heteroatoms. The van der Waals surface area contributed by atoms with Gasteiger partial charge in [0.2, 0.25) is 5.91 Å². The number of hydrogen-bond acceptors (Lipinski definition) is 4. The van der Waals surface area contributed by atoms with Crippen LogP contribution in [-0.2, 0) is 4.79 Å². The number of carbonyl (C=O) groups excluding carboxylic acids is 1. The fraction of sp³-hybridized carbons (Fsp3) is 0.538. The van der Waals surface area contributed by atoms with E-state index in [1.807, 2.05) is 41.0 Å². The Morgan fingerprint density at radius 3 is 2.50 bits per heavy atom. The molecule has 1 saturated heterocycles. The third-order valence-electron chi connectivity index (χ3n) is 7.56. The van der Waals surface area contributed by atoms with Gasteiger partial charge in [-0.1, -0.05) is 55.3 Å². The topological polar surface area (TPSA) is 39.2 Å². The number of amides is 1. The quantitative estimate of drug-likeness (QED) is 0.717. The summed E-state index contributed by atoms with van der Waals surface area (Å²) in [5, 5.41) is 2.21. The van der Waals surface area contributed by atoms with Crippen molar-refractivity contribution in [3.63, 3.8) is 0 Å². The van der Waals surface area contributed by atoms with Gasteiger partial charge in [0.05, 0.1) is 6.04 Å². The molecule has 0 N–H and O–H groups in total. The van der Waals surface area contributed by atoms with Gasteiger partial charge in [-0.25, -0.2) is 4.39 Å². The summed E-state index contributed by atoms with van der Waals surface area (Å²) in [5.41, 5.74) is 0.977. The van der Waals surface area contributed by atoms with Crippen LogP contribution in [-0.4, -0.2) is 84.0 Å². The summed E-state index contributed by atoms with van der Waals surface area (Å²) in [6, 6.07) is 14.4. The molecular weight excluding hydrogens is 403 g/mol. The Labute approximate surface area is 189 Å². The average Bonchev–Trinajstić information content (AvgIpc) is 3.48. The highest BCUT2D eigenvalue weighted by molar-refractivity contribution is 6.11. The lowest BCUT2D eigenvalue weighted by atomic mass is 10.0. The van der Waals surface area contributed by atoms with E-state index >= 15 is 0 Å². The first-order chi connectivity index (χ1) is 15.7. The van der Waals surface area contributed by atoms with Gasteiger partial charge in [0.15, 0.2) is 6.04 Å². The Morgan fingerprint density at radius 2 is 1.75 bits per heavy atom. The number of hydrogen-bond donors (Lipinski definition) is 0. The molecule has 0 spiro atoms. The summed E-state index contributed by atoms with van der Waals surface area (Å²) in [5.74, 6) is 0.831. The largest absolute Gasteiger partial charge is 0.348 e. The highest BCUT2D eigenvalue weighted by atomic mass is 19.1. The van der Waals surface area contributed by atoms with E-state index in [0.717, 1.165) is 48.4 Å². The first-order valence-corrected chi connectivity index (χ1v) is 12.1. The first-order valence-electron chi connectivity index (χ1n) is 12.1. The predicted octanol–water partition coefficient (Wildman–Crippen LogP) is 3.72. The van der Waals surface area contributed by atoms with Crippen LogP contribution >= 0.6 is 0 Å². The Bertz CT molecular complexity index is 989. The molecule has 170 valence electrons. The summed E-state index contributed by atoms with van der Waals surface area (Å²) in [6.07, 6.45) is 5.26. The molecule has 0 bridgehead atoms. The van der Waals surface area contributed by atoms with E-state index in [0.29, 0.717) is 6.04 Å². The minimum atomic E-state index is -0.478. The highest BCUT2D eigenvalue weighted by Gasteiger charge is 2.41. The van der Waals surface area contributed by atoms with Crippen LogP contribution in [0.4, 0.5) is 4.39 Å². The minimum absolute atomic E-state index is 0.0858. The van der Waals surface area contributed by atoms with Gasteiger partial charge < -0.3 is 9.80 Å². The Balaban J connectivity index is 1.38. The Hall–Kier alpha value is -2.47. The molecule has 3 aliphatic rings. The van der Waals surface area contributed by atoms with Crippen LogP contribution in [0.5, 0.6) is 0 Å². The molecule has 0 radical (unpaired) electrons. The molecule has 1 saturated carbocycles.